The van der Waals surface area contributed by atoms with Crippen LogP contribution in [0.25, 0.3) is 0 Å². The molecular weight excluding hydrogens is 463 g/mol. The monoisotopic (exact) mass is 493 g/mol. The SMILES string of the molecule is CC(F)(F)C(=O)NC1CCC(COc2nc(Nc3ccc(N4CCOCC4)cc3)ncc2F)CC1. The number of benzene rings is 1. The van der Waals surface area contributed by atoms with Crippen molar-refractivity contribution in [1.29, 1.82) is 0 Å². The van der Waals surface area contributed by atoms with E-state index in [-0.39, 0.29) is 30.4 Å². The number of anilines is 3. The zero-order valence-electron chi connectivity index (χ0n) is 19.6. The molecule has 4 rings (SSSR count). The molecule has 0 bridgehead atoms. The summed E-state index contributed by atoms with van der Waals surface area (Å²) in [5, 5.41) is 5.45. The van der Waals surface area contributed by atoms with Crippen LogP contribution in [0.4, 0.5) is 30.5 Å². The van der Waals surface area contributed by atoms with Gasteiger partial charge in [0.05, 0.1) is 26.0 Å². The molecule has 0 atom stereocenters. The molecule has 2 aromatic rings. The highest BCUT2D eigenvalue weighted by Gasteiger charge is 2.34. The van der Waals surface area contributed by atoms with Gasteiger partial charge < -0.3 is 25.0 Å². The Morgan fingerprint density at radius 1 is 1.17 bits per heavy atom. The number of nitrogens with one attached hydrogen (secondary N) is 2. The lowest BCUT2D eigenvalue weighted by Gasteiger charge is -2.29. The Labute approximate surface area is 202 Å². The Bertz CT molecular complexity index is 989. The van der Waals surface area contributed by atoms with E-state index in [2.05, 4.69) is 25.5 Å². The van der Waals surface area contributed by atoms with Gasteiger partial charge in [0.1, 0.15) is 0 Å². The van der Waals surface area contributed by atoms with Crippen LogP contribution in [0.3, 0.4) is 0 Å². The summed E-state index contributed by atoms with van der Waals surface area (Å²) in [7, 11) is 0. The molecule has 0 radical (unpaired) electrons. The fourth-order valence-electron chi connectivity index (χ4n) is 4.20. The van der Waals surface area contributed by atoms with E-state index in [0.717, 1.165) is 30.7 Å². The molecule has 2 fully saturated rings. The number of carbonyl (C=O) groups excluding carboxylic acids is 1. The van der Waals surface area contributed by atoms with Crippen molar-refractivity contribution < 1.29 is 27.4 Å². The van der Waals surface area contributed by atoms with Crippen LogP contribution in [0, 0.1) is 11.7 Å². The predicted octanol–water partition coefficient (Wildman–Crippen LogP) is 3.90. The van der Waals surface area contributed by atoms with E-state index in [1.807, 2.05) is 24.3 Å². The molecule has 1 saturated heterocycles. The topological polar surface area (TPSA) is 88.6 Å². The summed E-state index contributed by atoms with van der Waals surface area (Å²) < 4.78 is 51.4. The van der Waals surface area contributed by atoms with E-state index < -0.39 is 17.6 Å². The van der Waals surface area contributed by atoms with Crippen LogP contribution in [-0.4, -0.2) is 60.7 Å². The molecule has 1 aliphatic carbocycles. The van der Waals surface area contributed by atoms with Crippen molar-refractivity contribution in [2.45, 2.75) is 44.6 Å². The van der Waals surface area contributed by atoms with Crippen molar-refractivity contribution in [2.75, 3.05) is 43.1 Å². The van der Waals surface area contributed by atoms with Gasteiger partial charge in [0, 0.05) is 37.4 Å². The summed E-state index contributed by atoms with van der Waals surface area (Å²) in [6, 6.07) is 7.52. The minimum absolute atomic E-state index is 0.115. The molecule has 1 aromatic heterocycles. The molecule has 190 valence electrons. The van der Waals surface area contributed by atoms with E-state index in [0.29, 0.717) is 45.8 Å². The van der Waals surface area contributed by atoms with Crippen molar-refractivity contribution in [3.05, 3.63) is 36.3 Å². The smallest absolute Gasteiger partial charge is 0.321 e. The van der Waals surface area contributed by atoms with Gasteiger partial charge in [-0.05, 0) is 55.9 Å². The number of alkyl halides is 2. The molecular formula is C24H30F3N5O3. The summed E-state index contributed by atoms with van der Waals surface area (Å²) in [4.78, 5) is 21.9. The number of hydrogen-bond donors (Lipinski definition) is 2. The van der Waals surface area contributed by atoms with E-state index in [1.54, 1.807) is 0 Å². The molecule has 1 aliphatic heterocycles. The van der Waals surface area contributed by atoms with Crippen LogP contribution in [0.1, 0.15) is 32.6 Å². The normalized spacial score (nSPS) is 20.9. The average Bonchev–Trinajstić information content (AvgIpc) is 2.85. The van der Waals surface area contributed by atoms with E-state index in [4.69, 9.17) is 9.47 Å². The third-order valence-corrected chi connectivity index (χ3v) is 6.25. The highest BCUT2D eigenvalue weighted by molar-refractivity contribution is 5.83. The van der Waals surface area contributed by atoms with E-state index in [1.165, 1.54) is 0 Å². The lowest BCUT2D eigenvalue weighted by atomic mass is 9.86. The Balaban J connectivity index is 1.27. The minimum Gasteiger partial charge on any atom is -0.475 e. The Hall–Kier alpha value is -3.08. The molecule has 2 N–H and O–H groups in total. The number of hydrogen-bond acceptors (Lipinski definition) is 7. The number of rotatable bonds is 8. The number of halogens is 3. The fraction of sp³-hybridized carbons (Fsp3) is 0.542. The molecule has 2 heterocycles. The molecule has 2 aliphatic rings. The van der Waals surface area contributed by atoms with Gasteiger partial charge in [0.15, 0.2) is 0 Å². The van der Waals surface area contributed by atoms with Crippen molar-refractivity contribution in [2.24, 2.45) is 5.92 Å². The van der Waals surface area contributed by atoms with E-state index in [9.17, 15) is 18.0 Å². The second kappa shape index (κ2) is 11.1. The van der Waals surface area contributed by atoms with Gasteiger partial charge in [-0.1, -0.05) is 0 Å². The maximum Gasteiger partial charge on any atom is 0.321 e. The van der Waals surface area contributed by atoms with Crippen molar-refractivity contribution in [3.63, 3.8) is 0 Å². The summed E-state index contributed by atoms with van der Waals surface area (Å²) in [5.74, 6) is -5.12. The second-order valence-corrected chi connectivity index (χ2v) is 9.01. The van der Waals surface area contributed by atoms with Crippen LogP contribution in [0.2, 0.25) is 0 Å². The second-order valence-electron chi connectivity index (χ2n) is 9.01. The summed E-state index contributed by atoms with van der Waals surface area (Å²) >= 11 is 0. The van der Waals surface area contributed by atoms with Crippen molar-refractivity contribution in [1.82, 2.24) is 15.3 Å². The van der Waals surface area contributed by atoms with Gasteiger partial charge in [-0.2, -0.15) is 18.2 Å². The van der Waals surface area contributed by atoms with Crippen molar-refractivity contribution >= 4 is 23.2 Å². The standard InChI is InChI=1S/C24H30F3N5O3/c1-24(26,27)22(33)29-17-4-2-16(3-5-17)15-35-21-20(25)14-28-23(31-21)30-18-6-8-19(9-7-18)32-10-12-34-13-11-32/h6-9,14,16-17H,2-5,10-13,15H2,1H3,(H,29,33)(H,28,30,31). The molecule has 11 heteroatoms. The number of carbonyl (C=O) groups is 1. The van der Waals surface area contributed by atoms with Crippen LogP contribution in [0.15, 0.2) is 30.5 Å². The Kier molecular flexibility index (Phi) is 7.94. The molecule has 1 aromatic carbocycles. The van der Waals surface area contributed by atoms with Gasteiger partial charge in [-0.3, -0.25) is 4.79 Å². The molecule has 35 heavy (non-hydrogen) atoms. The number of morpholine rings is 1. The maximum absolute atomic E-state index is 14.2. The summed E-state index contributed by atoms with van der Waals surface area (Å²) in [6.07, 6.45) is 3.54. The molecule has 8 nitrogen and oxygen atoms in total. The Morgan fingerprint density at radius 3 is 2.51 bits per heavy atom. The Morgan fingerprint density at radius 2 is 1.86 bits per heavy atom. The predicted molar refractivity (Wildman–Crippen MR) is 125 cm³/mol. The zero-order valence-corrected chi connectivity index (χ0v) is 19.6. The maximum atomic E-state index is 14.2. The number of nitrogens with zero attached hydrogens (tertiary/aromatic N) is 3. The third kappa shape index (κ3) is 6.97. The average molecular weight is 494 g/mol. The summed E-state index contributed by atoms with van der Waals surface area (Å²) in [5.41, 5.74) is 1.86. The first-order valence-electron chi connectivity index (χ1n) is 11.8. The molecule has 1 amide bonds. The van der Waals surface area contributed by atoms with E-state index >= 15 is 0 Å². The lowest BCUT2D eigenvalue weighted by molar-refractivity contribution is -0.144. The zero-order chi connectivity index (χ0) is 24.8. The van der Waals surface area contributed by atoms with Crippen molar-refractivity contribution in [3.8, 4) is 5.88 Å². The lowest BCUT2D eigenvalue weighted by Crippen LogP contribution is -2.45. The first-order valence-corrected chi connectivity index (χ1v) is 11.8. The largest absolute Gasteiger partial charge is 0.475 e. The number of ether oxygens (including phenoxy) is 2. The molecule has 1 saturated carbocycles. The number of aromatic nitrogens is 2. The van der Waals surface area contributed by atoms with Gasteiger partial charge in [0.2, 0.25) is 11.8 Å². The number of amides is 1. The fourth-order valence-corrected chi connectivity index (χ4v) is 4.20. The van der Waals surface area contributed by atoms with Crippen LogP contribution in [-0.2, 0) is 9.53 Å². The first-order chi connectivity index (χ1) is 16.8. The summed E-state index contributed by atoms with van der Waals surface area (Å²) in [6.45, 7) is 3.94. The van der Waals surface area contributed by atoms with Crippen LogP contribution < -0.4 is 20.3 Å². The highest BCUT2D eigenvalue weighted by Crippen LogP contribution is 2.27. The molecule has 0 unspecified atom stereocenters. The third-order valence-electron chi connectivity index (χ3n) is 6.25. The highest BCUT2D eigenvalue weighted by atomic mass is 19.3. The van der Waals surface area contributed by atoms with Gasteiger partial charge in [-0.25, -0.2) is 4.98 Å². The first kappa shape index (κ1) is 25.0. The molecule has 0 spiro atoms. The van der Waals surface area contributed by atoms with Crippen LogP contribution in [0.5, 0.6) is 5.88 Å². The van der Waals surface area contributed by atoms with Gasteiger partial charge >= 0.3 is 5.92 Å². The van der Waals surface area contributed by atoms with Gasteiger partial charge in [0.25, 0.3) is 11.8 Å². The quantitative estimate of drug-likeness (QED) is 0.577. The van der Waals surface area contributed by atoms with Gasteiger partial charge in [-0.15, -0.1) is 0 Å². The minimum atomic E-state index is -3.39. The van der Waals surface area contributed by atoms with Crippen LogP contribution >= 0.6 is 0 Å².